The van der Waals surface area contributed by atoms with Crippen LogP contribution in [0.2, 0.25) is 0 Å². The Hall–Kier alpha value is -1.37. The van der Waals surface area contributed by atoms with E-state index in [0.29, 0.717) is 17.0 Å². The van der Waals surface area contributed by atoms with Crippen LogP contribution in [0.1, 0.15) is 62.0 Å². The number of rotatable bonds is 5. The van der Waals surface area contributed by atoms with E-state index in [1.165, 1.54) is 19.3 Å². The van der Waals surface area contributed by atoms with Crippen LogP contribution in [0.5, 0.6) is 0 Å². The molecule has 0 spiro atoms. The van der Waals surface area contributed by atoms with E-state index in [9.17, 15) is 13.2 Å². The van der Waals surface area contributed by atoms with Gasteiger partial charge in [0.15, 0.2) is 9.84 Å². The molecule has 0 aromatic carbocycles. The number of sulfone groups is 1. The number of hydrogen-bond acceptors (Lipinski definition) is 5. The van der Waals surface area contributed by atoms with Gasteiger partial charge >= 0.3 is 0 Å². The number of hydrogen-bond donors (Lipinski definition) is 1. The molecule has 0 atom stereocenters. The Kier molecular flexibility index (Phi) is 6.21. The summed E-state index contributed by atoms with van der Waals surface area (Å²) >= 11 is 0. The van der Waals surface area contributed by atoms with Gasteiger partial charge in [-0.2, -0.15) is 0 Å². The second-order valence-electron chi connectivity index (χ2n) is 6.44. The van der Waals surface area contributed by atoms with Gasteiger partial charge in [-0.05, 0) is 26.7 Å². The number of carbonyl (C=O) groups excluding carboxylic acids is 1. The van der Waals surface area contributed by atoms with Crippen LogP contribution in [0.3, 0.4) is 0 Å². The highest BCUT2D eigenvalue weighted by Crippen LogP contribution is 2.18. The molecule has 0 unspecified atom stereocenters. The first kappa shape index (κ1) is 18.0. The van der Waals surface area contributed by atoms with E-state index in [1.54, 1.807) is 13.8 Å². The Balaban J connectivity index is 1.90. The summed E-state index contributed by atoms with van der Waals surface area (Å²) in [4.78, 5) is 12.1. The molecule has 2 rings (SSSR count). The molecule has 6 nitrogen and oxygen atoms in total. The minimum Gasteiger partial charge on any atom is -0.361 e. The van der Waals surface area contributed by atoms with Crippen molar-refractivity contribution in [2.75, 3.05) is 5.75 Å². The van der Waals surface area contributed by atoms with Crippen molar-refractivity contribution in [2.24, 2.45) is 0 Å². The van der Waals surface area contributed by atoms with E-state index in [-0.39, 0.29) is 11.8 Å². The van der Waals surface area contributed by atoms with Gasteiger partial charge < -0.3 is 9.84 Å². The third-order valence-corrected chi connectivity index (χ3v) is 5.80. The van der Waals surface area contributed by atoms with Gasteiger partial charge in [0.1, 0.15) is 11.5 Å². The van der Waals surface area contributed by atoms with Crippen LogP contribution in [-0.4, -0.2) is 31.3 Å². The number of aryl methyl sites for hydroxylation is 2. The van der Waals surface area contributed by atoms with Crippen molar-refractivity contribution in [1.82, 2.24) is 10.5 Å². The fourth-order valence-corrected chi connectivity index (χ4v) is 4.49. The van der Waals surface area contributed by atoms with Gasteiger partial charge in [-0.1, -0.05) is 37.3 Å². The number of amides is 1. The number of carbonyl (C=O) groups is 1. The van der Waals surface area contributed by atoms with Crippen molar-refractivity contribution in [1.29, 1.82) is 0 Å². The summed E-state index contributed by atoms with van der Waals surface area (Å²) in [7, 11) is -3.53. The largest absolute Gasteiger partial charge is 0.361 e. The van der Waals surface area contributed by atoms with Crippen LogP contribution in [0.15, 0.2) is 4.52 Å². The van der Waals surface area contributed by atoms with Gasteiger partial charge in [-0.3, -0.25) is 4.79 Å². The molecule has 23 heavy (non-hydrogen) atoms. The molecule has 1 aromatic heterocycles. The summed E-state index contributed by atoms with van der Waals surface area (Å²) < 4.78 is 29.5. The predicted molar refractivity (Wildman–Crippen MR) is 87.7 cm³/mol. The van der Waals surface area contributed by atoms with Crippen LogP contribution in [0, 0.1) is 13.8 Å². The highest BCUT2D eigenvalue weighted by atomic mass is 32.2. The highest BCUT2D eigenvalue weighted by Gasteiger charge is 2.23. The molecule has 1 saturated carbocycles. The van der Waals surface area contributed by atoms with Crippen LogP contribution in [0.4, 0.5) is 0 Å². The molecular weight excluding hydrogens is 316 g/mol. The number of aromatic nitrogens is 1. The highest BCUT2D eigenvalue weighted by molar-refractivity contribution is 7.91. The number of nitrogens with zero attached hydrogens (tertiary/aromatic N) is 1. The Morgan fingerprint density at radius 3 is 2.35 bits per heavy atom. The van der Waals surface area contributed by atoms with Gasteiger partial charge in [-0.25, -0.2) is 8.42 Å². The molecule has 7 heteroatoms. The molecule has 0 bridgehead atoms. The molecule has 1 aliphatic rings. The van der Waals surface area contributed by atoms with E-state index in [0.717, 1.165) is 25.7 Å². The van der Waals surface area contributed by atoms with Gasteiger partial charge in [0, 0.05) is 11.6 Å². The maximum Gasteiger partial charge on any atom is 0.235 e. The Morgan fingerprint density at radius 1 is 1.17 bits per heavy atom. The van der Waals surface area contributed by atoms with E-state index in [4.69, 9.17) is 4.52 Å². The molecule has 0 aliphatic heterocycles. The average molecular weight is 342 g/mol. The van der Waals surface area contributed by atoms with Crippen LogP contribution in [-0.2, 0) is 20.4 Å². The summed E-state index contributed by atoms with van der Waals surface area (Å²) in [5.74, 6) is -0.589. The zero-order chi connectivity index (χ0) is 16.9. The summed E-state index contributed by atoms with van der Waals surface area (Å²) in [6.07, 6.45) is 7.71. The minimum absolute atomic E-state index is 0.108. The molecule has 1 aromatic rings. The molecule has 1 aliphatic carbocycles. The second kappa shape index (κ2) is 7.95. The summed E-state index contributed by atoms with van der Waals surface area (Å²) in [5.41, 5.74) is 1.12. The van der Waals surface area contributed by atoms with Crippen LogP contribution >= 0.6 is 0 Å². The van der Waals surface area contributed by atoms with E-state index in [1.807, 2.05) is 0 Å². The Morgan fingerprint density at radius 2 is 1.78 bits per heavy atom. The molecular formula is C16H26N2O4S. The quantitative estimate of drug-likeness (QED) is 0.887. The van der Waals surface area contributed by atoms with E-state index in [2.05, 4.69) is 10.5 Å². The smallest absolute Gasteiger partial charge is 0.235 e. The summed E-state index contributed by atoms with van der Waals surface area (Å²) in [6, 6.07) is 0.108. The molecule has 1 N–H and O–H groups in total. The summed E-state index contributed by atoms with van der Waals surface area (Å²) in [6.45, 7) is 3.38. The average Bonchev–Trinajstić information content (AvgIpc) is 2.72. The topological polar surface area (TPSA) is 89.3 Å². The van der Waals surface area contributed by atoms with Crippen LogP contribution in [0.25, 0.3) is 0 Å². The Labute approximate surface area is 137 Å². The molecule has 1 fully saturated rings. The van der Waals surface area contributed by atoms with Crippen molar-refractivity contribution >= 4 is 15.7 Å². The molecule has 1 heterocycles. The lowest BCUT2D eigenvalue weighted by molar-refractivity contribution is -0.119. The zero-order valence-corrected chi connectivity index (χ0v) is 14.7. The normalized spacial score (nSPS) is 17.5. The fraction of sp³-hybridized carbons (Fsp3) is 0.750. The molecule has 0 saturated heterocycles. The van der Waals surface area contributed by atoms with Crippen molar-refractivity contribution in [3.63, 3.8) is 0 Å². The molecule has 1 amide bonds. The lowest BCUT2D eigenvalue weighted by Crippen LogP contribution is -2.39. The van der Waals surface area contributed by atoms with Crippen molar-refractivity contribution in [3.8, 4) is 0 Å². The maximum absolute atomic E-state index is 12.2. The van der Waals surface area contributed by atoms with E-state index < -0.39 is 21.5 Å². The predicted octanol–water partition coefficient (Wildman–Crippen LogP) is 2.44. The van der Waals surface area contributed by atoms with Gasteiger partial charge in [0.2, 0.25) is 5.91 Å². The maximum atomic E-state index is 12.2. The lowest BCUT2D eigenvalue weighted by atomic mass is 9.97. The third kappa shape index (κ3) is 5.64. The third-order valence-electron chi connectivity index (χ3n) is 4.37. The zero-order valence-electron chi connectivity index (χ0n) is 13.9. The van der Waals surface area contributed by atoms with Gasteiger partial charge in [-0.15, -0.1) is 0 Å². The first-order chi connectivity index (χ1) is 10.9. The number of nitrogens with one attached hydrogen (secondary N) is 1. The van der Waals surface area contributed by atoms with Crippen molar-refractivity contribution in [3.05, 3.63) is 17.0 Å². The molecule has 0 radical (unpaired) electrons. The van der Waals surface area contributed by atoms with Crippen LogP contribution < -0.4 is 5.32 Å². The van der Waals surface area contributed by atoms with Gasteiger partial charge in [0.05, 0.1) is 11.4 Å². The standard InChI is InChI=1S/C16H26N2O4S/c1-12-15(13(2)22-18-12)10-23(20,21)11-16(19)17-14-8-6-4-3-5-7-9-14/h14H,3-11H2,1-2H3,(H,17,19). The first-order valence-electron chi connectivity index (χ1n) is 8.29. The minimum atomic E-state index is -3.53. The van der Waals surface area contributed by atoms with Gasteiger partial charge in [0.25, 0.3) is 0 Å². The molecule has 130 valence electrons. The van der Waals surface area contributed by atoms with Crippen molar-refractivity contribution in [2.45, 2.75) is 70.6 Å². The second-order valence-corrected chi connectivity index (χ2v) is 8.51. The lowest BCUT2D eigenvalue weighted by Gasteiger charge is -2.21. The van der Waals surface area contributed by atoms with E-state index >= 15 is 0 Å². The monoisotopic (exact) mass is 342 g/mol. The Bertz CT molecular complexity index is 609. The first-order valence-corrected chi connectivity index (χ1v) is 10.1. The summed E-state index contributed by atoms with van der Waals surface area (Å²) in [5, 5.41) is 6.65. The SMILES string of the molecule is Cc1noc(C)c1CS(=O)(=O)CC(=O)NC1CCCCCCC1. The fourth-order valence-electron chi connectivity index (χ4n) is 3.05. The van der Waals surface area contributed by atoms with Crippen molar-refractivity contribution < 1.29 is 17.7 Å².